The summed E-state index contributed by atoms with van der Waals surface area (Å²) < 4.78 is 0. The van der Waals surface area contributed by atoms with Crippen LogP contribution in [0.5, 0.6) is 0 Å². The van der Waals surface area contributed by atoms with Crippen molar-refractivity contribution in [2.45, 2.75) is 33.1 Å². The number of rotatable bonds is 5. The second-order valence-electron chi connectivity index (χ2n) is 7.07. The van der Waals surface area contributed by atoms with Gasteiger partial charge in [-0.2, -0.15) is 0 Å². The Morgan fingerprint density at radius 3 is 3.00 bits per heavy atom. The molecule has 0 spiro atoms. The molecule has 1 aliphatic heterocycles. The van der Waals surface area contributed by atoms with Crippen LogP contribution < -0.4 is 10.9 Å². The molecule has 25 heavy (non-hydrogen) atoms. The molecule has 1 aliphatic rings. The fraction of sp³-hybridized carbons (Fsp3) is 0.526. The maximum Gasteiger partial charge on any atom is 0.258 e. The third kappa shape index (κ3) is 3.90. The van der Waals surface area contributed by atoms with E-state index in [0.29, 0.717) is 29.7 Å². The van der Waals surface area contributed by atoms with Gasteiger partial charge in [0.2, 0.25) is 5.91 Å². The van der Waals surface area contributed by atoms with Gasteiger partial charge in [-0.05, 0) is 45.0 Å². The number of likely N-dealkylation sites (tertiary alicyclic amines) is 1. The van der Waals surface area contributed by atoms with Crippen LogP contribution in [-0.2, 0) is 11.2 Å². The normalized spacial score (nSPS) is 21.4. The molecular weight excluding hydrogens is 316 g/mol. The third-order valence-corrected chi connectivity index (χ3v) is 5.08. The molecule has 2 aromatic rings. The van der Waals surface area contributed by atoms with Crippen LogP contribution in [0.15, 0.2) is 29.1 Å². The van der Waals surface area contributed by atoms with Gasteiger partial charge >= 0.3 is 0 Å². The van der Waals surface area contributed by atoms with Gasteiger partial charge in [0.1, 0.15) is 5.82 Å². The molecule has 6 heteroatoms. The molecule has 0 aliphatic carbocycles. The van der Waals surface area contributed by atoms with E-state index < -0.39 is 0 Å². The Kier molecular flexibility index (Phi) is 5.18. The molecule has 0 radical (unpaired) electrons. The van der Waals surface area contributed by atoms with Crippen molar-refractivity contribution < 1.29 is 4.79 Å². The molecule has 0 unspecified atom stereocenters. The molecule has 0 saturated carbocycles. The smallest absolute Gasteiger partial charge is 0.258 e. The van der Waals surface area contributed by atoms with Crippen molar-refractivity contribution in [1.29, 1.82) is 0 Å². The number of aromatic nitrogens is 2. The summed E-state index contributed by atoms with van der Waals surface area (Å²) in [5, 5.41) is 3.61. The Labute approximate surface area is 147 Å². The third-order valence-electron chi connectivity index (χ3n) is 5.08. The summed E-state index contributed by atoms with van der Waals surface area (Å²) in [4.78, 5) is 34.3. The van der Waals surface area contributed by atoms with Crippen molar-refractivity contribution in [1.82, 2.24) is 20.2 Å². The van der Waals surface area contributed by atoms with E-state index in [1.54, 1.807) is 6.07 Å². The highest BCUT2D eigenvalue weighted by Gasteiger charge is 2.37. The number of amides is 1. The van der Waals surface area contributed by atoms with E-state index in [4.69, 9.17) is 0 Å². The molecule has 1 saturated heterocycles. The van der Waals surface area contributed by atoms with Crippen LogP contribution in [0.2, 0.25) is 0 Å². The Hall–Kier alpha value is -2.21. The minimum absolute atomic E-state index is 0.0915. The lowest BCUT2D eigenvalue weighted by molar-refractivity contribution is -0.133. The number of para-hydroxylation sites is 1. The maximum absolute atomic E-state index is 12.6. The van der Waals surface area contributed by atoms with Gasteiger partial charge in [0.05, 0.1) is 16.3 Å². The van der Waals surface area contributed by atoms with Gasteiger partial charge in [-0.25, -0.2) is 4.98 Å². The summed E-state index contributed by atoms with van der Waals surface area (Å²) in [6, 6.07) is 7.28. The van der Waals surface area contributed by atoms with Crippen LogP contribution in [-0.4, -0.2) is 47.0 Å². The van der Waals surface area contributed by atoms with Crippen LogP contribution in [0.3, 0.4) is 0 Å². The minimum Gasteiger partial charge on any atom is -0.355 e. The van der Waals surface area contributed by atoms with Gasteiger partial charge in [0, 0.05) is 19.5 Å². The Morgan fingerprint density at radius 2 is 2.20 bits per heavy atom. The molecule has 3 rings (SSSR count). The summed E-state index contributed by atoms with van der Waals surface area (Å²) in [6.07, 6.45) is 2.48. The summed E-state index contributed by atoms with van der Waals surface area (Å²) in [5.74, 6) is 0.696. The number of hydrogen-bond acceptors (Lipinski definition) is 4. The van der Waals surface area contributed by atoms with Crippen LogP contribution >= 0.6 is 0 Å². The Balaban J connectivity index is 1.61. The first kappa shape index (κ1) is 17.6. The highest BCUT2D eigenvalue weighted by Crippen LogP contribution is 2.29. The van der Waals surface area contributed by atoms with E-state index in [-0.39, 0.29) is 16.9 Å². The summed E-state index contributed by atoms with van der Waals surface area (Å²) >= 11 is 0. The molecular formula is C19H26N4O2. The Morgan fingerprint density at radius 1 is 1.40 bits per heavy atom. The fourth-order valence-corrected chi connectivity index (χ4v) is 3.56. The van der Waals surface area contributed by atoms with Crippen molar-refractivity contribution >= 4 is 16.8 Å². The number of aromatic amines is 1. The van der Waals surface area contributed by atoms with E-state index in [0.717, 1.165) is 32.5 Å². The van der Waals surface area contributed by atoms with Crippen molar-refractivity contribution in [2.24, 2.45) is 5.41 Å². The van der Waals surface area contributed by atoms with Crippen molar-refractivity contribution in [3.05, 3.63) is 40.4 Å². The summed E-state index contributed by atoms with van der Waals surface area (Å²) in [7, 11) is 0. The Bertz CT molecular complexity index is 816. The lowest BCUT2D eigenvalue weighted by Gasteiger charge is -2.38. The molecule has 0 bridgehead atoms. The molecule has 2 N–H and O–H groups in total. The first-order chi connectivity index (χ1) is 12.0. The quantitative estimate of drug-likeness (QED) is 0.867. The van der Waals surface area contributed by atoms with E-state index in [2.05, 4.69) is 27.1 Å². The van der Waals surface area contributed by atoms with Crippen molar-refractivity contribution in [3.8, 4) is 0 Å². The predicted molar refractivity (Wildman–Crippen MR) is 98.5 cm³/mol. The highest BCUT2D eigenvalue weighted by molar-refractivity contribution is 5.82. The first-order valence-electron chi connectivity index (χ1n) is 9.00. The van der Waals surface area contributed by atoms with Crippen LogP contribution in [0, 0.1) is 5.41 Å². The lowest BCUT2D eigenvalue weighted by Crippen LogP contribution is -2.50. The minimum atomic E-state index is -0.335. The topological polar surface area (TPSA) is 78.1 Å². The van der Waals surface area contributed by atoms with Gasteiger partial charge < -0.3 is 15.2 Å². The number of nitrogens with zero attached hydrogens (tertiary/aromatic N) is 2. The SMILES string of the molecule is CCN1CCC[C@](C)(C(=O)NCCc2nc3ccccc3c(=O)[nH]2)C1. The molecule has 1 aromatic heterocycles. The zero-order valence-electron chi connectivity index (χ0n) is 15.0. The number of piperidine rings is 1. The van der Waals surface area contributed by atoms with Gasteiger partial charge in [0.15, 0.2) is 0 Å². The summed E-state index contributed by atoms with van der Waals surface area (Å²) in [5.41, 5.74) is 0.216. The average molecular weight is 342 g/mol. The molecule has 2 heterocycles. The van der Waals surface area contributed by atoms with E-state index in [9.17, 15) is 9.59 Å². The number of H-pyrrole nitrogens is 1. The van der Waals surface area contributed by atoms with E-state index >= 15 is 0 Å². The zero-order valence-corrected chi connectivity index (χ0v) is 15.0. The van der Waals surface area contributed by atoms with Crippen LogP contribution in [0.1, 0.15) is 32.5 Å². The fourth-order valence-electron chi connectivity index (χ4n) is 3.56. The molecule has 134 valence electrons. The average Bonchev–Trinajstić information content (AvgIpc) is 2.61. The van der Waals surface area contributed by atoms with Gasteiger partial charge in [-0.15, -0.1) is 0 Å². The molecule has 1 aromatic carbocycles. The van der Waals surface area contributed by atoms with Crippen LogP contribution in [0.4, 0.5) is 0 Å². The van der Waals surface area contributed by atoms with Gasteiger partial charge in [0.25, 0.3) is 5.56 Å². The second-order valence-corrected chi connectivity index (χ2v) is 7.07. The maximum atomic E-state index is 12.6. The largest absolute Gasteiger partial charge is 0.355 e. The van der Waals surface area contributed by atoms with E-state index in [1.165, 1.54) is 0 Å². The number of benzene rings is 1. The number of fused-ring (bicyclic) bond motifs is 1. The second kappa shape index (κ2) is 7.35. The lowest BCUT2D eigenvalue weighted by atomic mass is 9.81. The molecule has 6 nitrogen and oxygen atoms in total. The molecule has 1 atom stereocenters. The standard InChI is InChI=1S/C19H26N4O2/c1-3-23-12-6-10-19(2,13-23)18(25)20-11-9-16-21-15-8-5-4-7-14(15)17(24)22-16/h4-5,7-8H,3,6,9-13H2,1-2H3,(H,20,25)(H,21,22,24)/t19-/m0/s1. The number of hydrogen-bond donors (Lipinski definition) is 2. The predicted octanol–water partition coefficient (Wildman–Crippen LogP) is 1.70. The van der Waals surface area contributed by atoms with Gasteiger partial charge in [-0.3, -0.25) is 9.59 Å². The van der Waals surface area contributed by atoms with Crippen molar-refractivity contribution in [2.75, 3.05) is 26.2 Å². The number of carbonyl (C=O) groups excluding carboxylic acids is 1. The van der Waals surface area contributed by atoms with Crippen molar-refractivity contribution in [3.63, 3.8) is 0 Å². The highest BCUT2D eigenvalue weighted by atomic mass is 16.2. The molecule has 1 amide bonds. The van der Waals surface area contributed by atoms with E-state index in [1.807, 2.05) is 25.1 Å². The molecule has 1 fully saturated rings. The monoisotopic (exact) mass is 342 g/mol. The summed E-state index contributed by atoms with van der Waals surface area (Å²) in [6.45, 7) is 7.50. The first-order valence-corrected chi connectivity index (χ1v) is 9.00. The van der Waals surface area contributed by atoms with Crippen LogP contribution in [0.25, 0.3) is 10.9 Å². The number of carbonyl (C=O) groups is 1. The van der Waals surface area contributed by atoms with Gasteiger partial charge in [-0.1, -0.05) is 19.1 Å². The zero-order chi connectivity index (χ0) is 17.9. The number of nitrogens with one attached hydrogen (secondary N) is 2.